The third-order valence-corrected chi connectivity index (χ3v) is 5.46. The van der Waals surface area contributed by atoms with Gasteiger partial charge in [0.05, 0.1) is 24.6 Å². The van der Waals surface area contributed by atoms with Gasteiger partial charge in [0.2, 0.25) is 0 Å². The lowest BCUT2D eigenvalue weighted by Gasteiger charge is -2.21. The lowest BCUT2D eigenvalue weighted by atomic mass is 9.82. The van der Waals surface area contributed by atoms with Gasteiger partial charge < -0.3 is 18.9 Å². The van der Waals surface area contributed by atoms with Crippen LogP contribution in [-0.2, 0) is 14.9 Å². The maximum Gasteiger partial charge on any atom is 0.119 e. The molecule has 2 saturated heterocycles. The van der Waals surface area contributed by atoms with Crippen molar-refractivity contribution in [1.29, 1.82) is 0 Å². The predicted molar refractivity (Wildman–Crippen MR) is 119 cm³/mol. The van der Waals surface area contributed by atoms with Gasteiger partial charge in [-0.2, -0.15) is 5.10 Å². The summed E-state index contributed by atoms with van der Waals surface area (Å²) in [6.07, 6.45) is 0.501. The van der Waals surface area contributed by atoms with Crippen LogP contribution in [0.25, 0.3) is 22.5 Å². The Morgan fingerprint density at radius 1 is 0.839 bits per heavy atom. The average molecular weight is 421 g/mol. The first-order valence-electron chi connectivity index (χ1n) is 10.8. The van der Waals surface area contributed by atoms with E-state index in [4.69, 9.17) is 24.0 Å². The molecule has 2 aliphatic rings. The highest BCUT2D eigenvalue weighted by Crippen LogP contribution is 2.39. The van der Waals surface area contributed by atoms with Gasteiger partial charge in [-0.1, -0.05) is 20.8 Å². The molecule has 0 saturated carbocycles. The number of ether oxygens (including phenoxy) is 4. The van der Waals surface area contributed by atoms with Gasteiger partial charge in [0.15, 0.2) is 0 Å². The number of H-pyrrole nitrogens is 1. The van der Waals surface area contributed by atoms with Crippen LogP contribution in [0.3, 0.4) is 0 Å². The fourth-order valence-electron chi connectivity index (χ4n) is 3.62. The van der Waals surface area contributed by atoms with Crippen LogP contribution in [0.4, 0.5) is 0 Å². The molecule has 0 radical (unpaired) electrons. The van der Waals surface area contributed by atoms with Crippen LogP contribution in [0.2, 0.25) is 0 Å². The zero-order valence-electron chi connectivity index (χ0n) is 18.2. The Kier molecular flexibility index (Phi) is 5.20. The summed E-state index contributed by atoms with van der Waals surface area (Å²) in [4.78, 5) is 0. The van der Waals surface area contributed by atoms with E-state index in [1.54, 1.807) is 0 Å². The molecule has 3 aromatic rings. The molecule has 5 rings (SSSR count). The van der Waals surface area contributed by atoms with Crippen molar-refractivity contribution in [3.05, 3.63) is 54.1 Å². The zero-order chi connectivity index (χ0) is 21.4. The molecule has 1 aromatic heterocycles. The second-order valence-electron chi connectivity index (χ2n) is 9.15. The van der Waals surface area contributed by atoms with Crippen LogP contribution in [0.5, 0.6) is 11.5 Å². The largest absolute Gasteiger partial charge is 0.491 e. The fourth-order valence-corrected chi connectivity index (χ4v) is 3.62. The van der Waals surface area contributed by atoms with Gasteiger partial charge in [-0.25, -0.2) is 0 Å². The van der Waals surface area contributed by atoms with E-state index in [1.807, 2.05) is 24.3 Å². The zero-order valence-corrected chi connectivity index (χ0v) is 18.2. The van der Waals surface area contributed by atoms with Crippen molar-refractivity contribution in [2.24, 2.45) is 0 Å². The summed E-state index contributed by atoms with van der Waals surface area (Å²) in [5, 5.41) is 7.98. The Bertz CT molecular complexity index is 950. The van der Waals surface area contributed by atoms with Crippen molar-refractivity contribution >= 4 is 0 Å². The fraction of sp³-hybridized carbons (Fsp3) is 0.400. The van der Waals surface area contributed by atoms with E-state index in [0.717, 1.165) is 47.2 Å². The molecule has 0 aliphatic carbocycles. The Hall–Kier alpha value is -2.83. The summed E-state index contributed by atoms with van der Waals surface area (Å²) in [6.45, 7) is 9.44. The number of nitrogens with one attached hydrogen (secondary N) is 1. The molecule has 3 heterocycles. The Labute approximate surface area is 182 Å². The van der Waals surface area contributed by atoms with Crippen LogP contribution in [-0.4, -0.2) is 48.8 Å². The molecule has 2 aromatic carbocycles. The van der Waals surface area contributed by atoms with E-state index in [-0.39, 0.29) is 17.6 Å². The minimum Gasteiger partial charge on any atom is -0.491 e. The molecule has 6 nitrogen and oxygen atoms in total. The number of hydrogen-bond donors (Lipinski definition) is 1. The summed E-state index contributed by atoms with van der Waals surface area (Å²) >= 11 is 0. The molecule has 31 heavy (non-hydrogen) atoms. The summed E-state index contributed by atoms with van der Waals surface area (Å²) in [5.74, 6) is 1.70. The van der Waals surface area contributed by atoms with Crippen LogP contribution >= 0.6 is 0 Å². The van der Waals surface area contributed by atoms with Crippen LogP contribution in [0, 0.1) is 0 Å². The Morgan fingerprint density at radius 2 is 1.32 bits per heavy atom. The molecule has 2 unspecified atom stereocenters. The molecular weight excluding hydrogens is 392 g/mol. The first kappa shape index (κ1) is 20.1. The van der Waals surface area contributed by atoms with Gasteiger partial charge in [-0.3, -0.25) is 5.10 Å². The van der Waals surface area contributed by atoms with Crippen molar-refractivity contribution in [2.75, 3.05) is 26.4 Å². The summed E-state index contributed by atoms with van der Waals surface area (Å²) in [5.41, 5.74) is 5.24. The van der Waals surface area contributed by atoms with E-state index in [2.05, 4.69) is 50.1 Å². The van der Waals surface area contributed by atoms with Gasteiger partial charge in [0.25, 0.3) is 0 Å². The Morgan fingerprint density at radius 3 is 1.77 bits per heavy atom. The maximum atomic E-state index is 5.77. The summed E-state index contributed by atoms with van der Waals surface area (Å²) in [7, 11) is 0. The van der Waals surface area contributed by atoms with Gasteiger partial charge in [-0.15, -0.1) is 0 Å². The molecule has 162 valence electrons. The van der Waals surface area contributed by atoms with Crippen molar-refractivity contribution in [1.82, 2.24) is 10.2 Å². The van der Waals surface area contributed by atoms with E-state index in [9.17, 15) is 0 Å². The molecule has 2 aliphatic heterocycles. The minimum absolute atomic E-state index is 0.0887. The molecule has 0 amide bonds. The van der Waals surface area contributed by atoms with E-state index >= 15 is 0 Å². The van der Waals surface area contributed by atoms with E-state index in [0.29, 0.717) is 13.2 Å². The molecule has 0 spiro atoms. The van der Waals surface area contributed by atoms with Crippen molar-refractivity contribution in [3.8, 4) is 34.0 Å². The number of nitrogens with zero attached hydrogens (tertiary/aromatic N) is 1. The van der Waals surface area contributed by atoms with E-state index in [1.165, 1.54) is 5.56 Å². The first-order valence-corrected chi connectivity index (χ1v) is 10.8. The highest BCUT2D eigenvalue weighted by atomic mass is 16.6. The topological polar surface area (TPSA) is 72.2 Å². The van der Waals surface area contributed by atoms with Crippen LogP contribution in [0.1, 0.15) is 26.3 Å². The second kappa shape index (κ2) is 8.02. The summed E-state index contributed by atoms with van der Waals surface area (Å²) in [6, 6.07) is 16.3. The number of aromatic nitrogens is 2. The van der Waals surface area contributed by atoms with Gasteiger partial charge in [0.1, 0.15) is 36.9 Å². The monoisotopic (exact) mass is 420 g/mol. The second-order valence-corrected chi connectivity index (χ2v) is 9.15. The van der Waals surface area contributed by atoms with Gasteiger partial charge in [-0.05, 0) is 53.9 Å². The molecule has 0 bridgehead atoms. The van der Waals surface area contributed by atoms with Crippen molar-refractivity contribution < 1.29 is 18.9 Å². The highest BCUT2D eigenvalue weighted by Gasteiger charge is 2.27. The number of aromatic amines is 1. The average Bonchev–Trinajstić information content (AvgIpc) is 3.69. The SMILES string of the molecule is CC(C)(C)c1c(-c2ccc(OCC3CO3)cc2)n[nH]c1-c1ccc(OCC2CO2)cc1. The minimum atomic E-state index is -0.0887. The van der Waals surface area contributed by atoms with Gasteiger partial charge >= 0.3 is 0 Å². The lowest BCUT2D eigenvalue weighted by molar-refractivity contribution is 0.263. The number of epoxide rings is 2. The van der Waals surface area contributed by atoms with Crippen LogP contribution < -0.4 is 9.47 Å². The number of hydrogen-bond acceptors (Lipinski definition) is 5. The van der Waals surface area contributed by atoms with Crippen molar-refractivity contribution in [3.63, 3.8) is 0 Å². The third-order valence-electron chi connectivity index (χ3n) is 5.46. The van der Waals surface area contributed by atoms with Gasteiger partial charge in [0, 0.05) is 16.7 Å². The first-order chi connectivity index (χ1) is 15.0. The van der Waals surface area contributed by atoms with Crippen LogP contribution in [0.15, 0.2) is 48.5 Å². The predicted octanol–water partition coefficient (Wildman–Crippen LogP) is 4.60. The Balaban J connectivity index is 1.39. The van der Waals surface area contributed by atoms with E-state index < -0.39 is 0 Å². The number of rotatable bonds is 8. The number of benzene rings is 2. The van der Waals surface area contributed by atoms with Crippen molar-refractivity contribution in [2.45, 2.75) is 38.4 Å². The molecular formula is C25H28N2O4. The normalized spacial score (nSPS) is 19.8. The smallest absolute Gasteiger partial charge is 0.119 e. The highest BCUT2D eigenvalue weighted by molar-refractivity contribution is 5.76. The molecule has 2 atom stereocenters. The third kappa shape index (κ3) is 4.75. The quantitative estimate of drug-likeness (QED) is 0.540. The maximum absolute atomic E-state index is 5.77. The molecule has 6 heteroatoms. The summed E-state index contributed by atoms with van der Waals surface area (Å²) < 4.78 is 21.9. The molecule has 2 fully saturated rings. The standard InChI is InChI=1S/C25H28N2O4/c1-25(2,3)22-23(16-4-8-18(9-5-16)28-12-20-14-30-20)26-27-24(22)17-6-10-19(11-7-17)29-13-21-15-31-21/h4-11,20-21H,12-15H2,1-3H3,(H,26,27). The molecule has 1 N–H and O–H groups in total. The lowest BCUT2D eigenvalue weighted by Crippen LogP contribution is -2.13.